The summed E-state index contributed by atoms with van der Waals surface area (Å²) < 4.78 is 7.89. The van der Waals surface area contributed by atoms with Gasteiger partial charge in [-0.3, -0.25) is 0 Å². The molecule has 0 saturated heterocycles. The minimum Gasteiger partial charge on any atom is -0.389 e. The van der Waals surface area contributed by atoms with Gasteiger partial charge in [-0.1, -0.05) is 107 Å². The van der Waals surface area contributed by atoms with Crippen molar-refractivity contribution in [1.29, 1.82) is 0 Å². The molecular formula is C26H25BrO2. The van der Waals surface area contributed by atoms with Crippen LogP contribution in [0.5, 0.6) is 0 Å². The first-order chi connectivity index (χ1) is 14.2. The third kappa shape index (κ3) is 4.23. The van der Waals surface area contributed by atoms with E-state index in [-0.39, 0.29) is 12.0 Å². The first-order valence-electron chi connectivity index (χ1n) is 10.0. The lowest BCUT2D eigenvalue weighted by molar-refractivity contribution is -0.0165. The second-order valence-electron chi connectivity index (χ2n) is 7.54. The van der Waals surface area contributed by atoms with E-state index in [0.717, 1.165) is 34.0 Å². The number of allylic oxidation sites excluding steroid dienone is 1. The largest absolute Gasteiger partial charge is 0.389 e. The van der Waals surface area contributed by atoms with Gasteiger partial charge < -0.3 is 9.84 Å². The van der Waals surface area contributed by atoms with Crippen molar-refractivity contribution < 1.29 is 9.84 Å². The highest BCUT2D eigenvalue weighted by Crippen LogP contribution is 2.44. The summed E-state index contributed by atoms with van der Waals surface area (Å²) >= 11 is 3.77. The Balaban J connectivity index is 1.84. The van der Waals surface area contributed by atoms with E-state index >= 15 is 0 Å². The molecule has 1 aliphatic carbocycles. The van der Waals surface area contributed by atoms with E-state index in [1.807, 2.05) is 24.3 Å². The van der Waals surface area contributed by atoms with Crippen molar-refractivity contribution in [2.45, 2.75) is 24.5 Å². The van der Waals surface area contributed by atoms with E-state index in [9.17, 15) is 5.11 Å². The van der Waals surface area contributed by atoms with Gasteiger partial charge in [0, 0.05) is 10.0 Å². The zero-order valence-corrected chi connectivity index (χ0v) is 17.8. The molecule has 0 aromatic heterocycles. The lowest BCUT2D eigenvalue weighted by Crippen LogP contribution is -2.35. The molecule has 3 aromatic carbocycles. The van der Waals surface area contributed by atoms with Crippen molar-refractivity contribution in [3.63, 3.8) is 0 Å². The second kappa shape index (κ2) is 9.08. The molecule has 1 N–H and O–H groups in total. The smallest absolute Gasteiger partial charge is 0.144 e. The van der Waals surface area contributed by atoms with E-state index < -0.39 is 5.60 Å². The number of aliphatic hydroxyl groups is 1. The number of ether oxygens (including phenoxy) is 1. The van der Waals surface area contributed by atoms with Gasteiger partial charge in [0.15, 0.2) is 0 Å². The number of hydrogen-bond donors (Lipinski definition) is 1. The van der Waals surface area contributed by atoms with E-state index in [1.54, 1.807) is 0 Å². The van der Waals surface area contributed by atoms with Gasteiger partial charge in [0.2, 0.25) is 0 Å². The molecule has 4 rings (SSSR count). The van der Waals surface area contributed by atoms with E-state index in [2.05, 4.69) is 88.7 Å². The molecule has 0 fully saturated rings. The Morgan fingerprint density at radius 1 is 0.862 bits per heavy atom. The van der Waals surface area contributed by atoms with Gasteiger partial charge in [-0.15, -0.1) is 0 Å². The van der Waals surface area contributed by atoms with Crippen LogP contribution in [0, 0.1) is 5.92 Å². The van der Waals surface area contributed by atoms with Crippen molar-refractivity contribution in [3.8, 4) is 0 Å². The normalized spacial score (nSPS) is 19.2. The Morgan fingerprint density at radius 3 is 2.03 bits per heavy atom. The summed E-state index contributed by atoms with van der Waals surface area (Å²) in [5, 5.41) is 10.1. The van der Waals surface area contributed by atoms with Crippen LogP contribution in [-0.2, 0) is 10.3 Å². The first kappa shape index (κ1) is 20.1. The summed E-state index contributed by atoms with van der Waals surface area (Å²) in [5.41, 5.74) is 2.51. The SMILES string of the molecule is O[C@H]1C=CC[C@@H](COC(c2ccccc2)(c2ccccc2)c2ccccc2Br)C1. The number of aliphatic hydroxyl groups excluding tert-OH is 1. The number of rotatable bonds is 6. The van der Waals surface area contributed by atoms with Crippen molar-refractivity contribution >= 4 is 15.9 Å². The molecule has 0 unspecified atom stereocenters. The fourth-order valence-corrected chi connectivity index (χ4v) is 4.70. The molecule has 1 aliphatic rings. The van der Waals surface area contributed by atoms with Gasteiger partial charge in [-0.2, -0.15) is 0 Å². The van der Waals surface area contributed by atoms with Crippen molar-refractivity contribution in [3.05, 3.63) is 118 Å². The molecule has 0 spiro atoms. The van der Waals surface area contributed by atoms with Gasteiger partial charge in [0.25, 0.3) is 0 Å². The van der Waals surface area contributed by atoms with E-state index in [0.29, 0.717) is 6.61 Å². The average molecular weight is 449 g/mol. The van der Waals surface area contributed by atoms with Crippen LogP contribution in [0.15, 0.2) is 102 Å². The maximum Gasteiger partial charge on any atom is 0.144 e. The van der Waals surface area contributed by atoms with Gasteiger partial charge in [-0.25, -0.2) is 0 Å². The Morgan fingerprint density at radius 2 is 1.45 bits per heavy atom. The predicted molar refractivity (Wildman–Crippen MR) is 121 cm³/mol. The topological polar surface area (TPSA) is 29.5 Å². The molecule has 148 valence electrons. The molecular weight excluding hydrogens is 424 g/mol. The lowest BCUT2D eigenvalue weighted by atomic mass is 9.79. The molecule has 0 bridgehead atoms. The third-order valence-electron chi connectivity index (χ3n) is 5.55. The summed E-state index contributed by atoms with van der Waals surface area (Å²) in [4.78, 5) is 0. The molecule has 3 aromatic rings. The highest BCUT2D eigenvalue weighted by molar-refractivity contribution is 9.10. The fraction of sp³-hybridized carbons (Fsp3) is 0.231. The molecule has 29 heavy (non-hydrogen) atoms. The third-order valence-corrected chi connectivity index (χ3v) is 6.24. The molecule has 2 nitrogen and oxygen atoms in total. The summed E-state index contributed by atoms with van der Waals surface area (Å²) in [7, 11) is 0. The zero-order chi connectivity index (χ0) is 20.1. The van der Waals surface area contributed by atoms with Crippen LogP contribution in [0.3, 0.4) is 0 Å². The second-order valence-corrected chi connectivity index (χ2v) is 8.39. The van der Waals surface area contributed by atoms with Crippen molar-refractivity contribution in [2.75, 3.05) is 6.61 Å². The van der Waals surface area contributed by atoms with Gasteiger partial charge in [0.1, 0.15) is 5.60 Å². The maximum absolute atomic E-state index is 10.1. The Kier molecular flexibility index (Phi) is 6.29. The first-order valence-corrected chi connectivity index (χ1v) is 10.8. The van der Waals surface area contributed by atoms with Gasteiger partial charge in [-0.05, 0) is 36.0 Å². The van der Waals surface area contributed by atoms with E-state index in [1.165, 1.54) is 0 Å². The Labute approximate surface area is 181 Å². The molecule has 2 atom stereocenters. The summed E-state index contributed by atoms with van der Waals surface area (Å²) in [6.07, 6.45) is 5.21. The summed E-state index contributed by atoms with van der Waals surface area (Å²) in [5.74, 6) is 0.282. The zero-order valence-electron chi connectivity index (χ0n) is 16.2. The predicted octanol–water partition coefficient (Wildman–Crippen LogP) is 6.08. The monoisotopic (exact) mass is 448 g/mol. The highest BCUT2D eigenvalue weighted by Gasteiger charge is 2.39. The van der Waals surface area contributed by atoms with Crippen LogP contribution in [-0.4, -0.2) is 17.8 Å². The fourth-order valence-electron chi connectivity index (χ4n) is 4.14. The molecule has 0 heterocycles. The maximum atomic E-state index is 10.1. The van der Waals surface area contributed by atoms with Crippen LogP contribution >= 0.6 is 15.9 Å². The average Bonchev–Trinajstić information content (AvgIpc) is 2.77. The number of halogens is 1. The molecule has 0 saturated carbocycles. The Bertz CT molecular complexity index is 913. The molecule has 0 amide bonds. The lowest BCUT2D eigenvalue weighted by Gasteiger charge is -2.38. The molecule has 0 radical (unpaired) electrons. The quantitative estimate of drug-likeness (QED) is 0.365. The standard InChI is InChI=1S/C26H25BrO2/c27-25-17-8-7-16-24(25)26(21-11-3-1-4-12-21,22-13-5-2-6-14-22)29-19-20-10-9-15-23(28)18-20/h1-9,11-17,20,23,28H,10,18-19H2/t20-,23+/m1/s1. The van der Waals surface area contributed by atoms with Crippen molar-refractivity contribution in [1.82, 2.24) is 0 Å². The van der Waals surface area contributed by atoms with Crippen LogP contribution in [0.4, 0.5) is 0 Å². The van der Waals surface area contributed by atoms with Gasteiger partial charge >= 0.3 is 0 Å². The van der Waals surface area contributed by atoms with Crippen molar-refractivity contribution in [2.24, 2.45) is 5.92 Å². The Hall–Kier alpha value is -2.20. The van der Waals surface area contributed by atoms with Crippen LogP contribution in [0.2, 0.25) is 0 Å². The van der Waals surface area contributed by atoms with Crippen LogP contribution in [0.1, 0.15) is 29.5 Å². The summed E-state index contributed by atoms with van der Waals surface area (Å²) in [6, 6.07) is 29.1. The molecule has 3 heteroatoms. The number of benzene rings is 3. The minimum absolute atomic E-state index is 0.282. The minimum atomic E-state index is -0.741. The van der Waals surface area contributed by atoms with Crippen LogP contribution < -0.4 is 0 Å². The highest BCUT2D eigenvalue weighted by atomic mass is 79.9. The molecule has 0 aliphatic heterocycles. The van der Waals surface area contributed by atoms with Crippen LogP contribution in [0.25, 0.3) is 0 Å². The number of hydrogen-bond acceptors (Lipinski definition) is 2. The van der Waals surface area contributed by atoms with Gasteiger partial charge in [0.05, 0.1) is 12.7 Å². The van der Waals surface area contributed by atoms with E-state index in [4.69, 9.17) is 4.74 Å². The summed E-state index contributed by atoms with van der Waals surface area (Å²) in [6.45, 7) is 0.562.